The summed E-state index contributed by atoms with van der Waals surface area (Å²) in [5, 5.41) is 13.7. The van der Waals surface area contributed by atoms with Crippen molar-refractivity contribution >= 4 is 21.6 Å². The van der Waals surface area contributed by atoms with Crippen molar-refractivity contribution in [3.63, 3.8) is 0 Å². The number of nitrogens with two attached hydrogens (primary N) is 1. The first-order valence-corrected chi connectivity index (χ1v) is 9.95. The van der Waals surface area contributed by atoms with Crippen molar-refractivity contribution in [2.24, 2.45) is 5.73 Å². The summed E-state index contributed by atoms with van der Waals surface area (Å²) < 4.78 is 27.6. The molecule has 0 aliphatic carbocycles. The van der Waals surface area contributed by atoms with Crippen LogP contribution >= 0.6 is 0 Å². The molecule has 1 heterocycles. The average molecular weight is 384 g/mol. The van der Waals surface area contributed by atoms with Gasteiger partial charge in [0.2, 0.25) is 15.9 Å². The van der Waals surface area contributed by atoms with E-state index in [-0.39, 0.29) is 42.0 Å². The summed E-state index contributed by atoms with van der Waals surface area (Å²) in [6, 6.07) is 3.44. The minimum Gasteiger partial charge on any atom is -0.354 e. The number of aryl methyl sites for hydroxylation is 1. The summed E-state index contributed by atoms with van der Waals surface area (Å²) in [6.07, 6.45) is 2.37. The Bertz CT molecular complexity index is 781. The highest BCUT2D eigenvalue weighted by molar-refractivity contribution is 7.89. The number of amides is 1. The number of non-ortho nitro benzene ring substituents is 1. The Kier molecular flexibility index (Phi) is 6.68. The van der Waals surface area contributed by atoms with Crippen LogP contribution in [0.5, 0.6) is 0 Å². The third-order valence-corrected chi connectivity index (χ3v) is 6.54. The number of nitrogens with zero attached hydrogens (tertiary/aromatic N) is 2. The van der Waals surface area contributed by atoms with Gasteiger partial charge in [-0.2, -0.15) is 4.31 Å². The van der Waals surface area contributed by atoms with Gasteiger partial charge in [0.15, 0.2) is 0 Å². The fourth-order valence-corrected chi connectivity index (χ4v) is 4.99. The molecule has 0 aromatic heterocycles. The standard InChI is InChI=1S/C16H24N4O5S/c1-12-5-6-13(20(22)23)10-15(12)26(24,25)19-9-3-2-4-14(19)11-18-16(21)7-8-17/h5-6,10,14H,2-4,7-9,11,17H2,1H3,(H,18,21). The van der Waals surface area contributed by atoms with Crippen molar-refractivity contribution in [3.8, 4) is 0 Å². The Labute approximate surface area is 152 Å². The molecule has 9 nitrogen and oxygen atoms in total. The summed E-state index contributed by atoms with van der Waals surface area (Å²) in [4.78, 5) is 22.0. The van der Waals surface area contributed by atoms with Gasteiger partial charge in [-0.15, -0.1) is 0 Å². The summed E-state index contributed by atoms with van der Waals surface area (Å²) in [5.74, 6) is -0.220. The minimum atomic E-state index is -3.91. The zero-order chi connectivity index (χ0) is 19.3. The normalized spacial score (nSPS) is 18.5. The van der Waals surface area contributed by atoms with E-state index in [0.717, 1.165) is 12.5 Å². The molecule has 0 spiro atoms. The quantitative estimate of drug-likeness (QED) is 0.530. The lowest BCUT2D eigenvalue weighted by molar-refractivity contribution is -0.385. The number of carbonyl (C=O) groups excluding carboxylic acids is 1. The number of hydrogen-bond acceptors (Lipinski definition) is 6. The zero-order valence-electron chi connectivity index (χ0n) is 14.7. The molecule has 0 radical (unpaired) electrons. The Morgan fingerprint density at radius 3 is 2.81 bits per heavy atom. The number of carbonyl (C=O) groups is 1. The maximum atomic E-state index is 13.1. The van der Waals surface area contributed by atoms with E-state index in [1.165, 1.54) is 16.4 Å². The number of nitro benzene ring substituents is 1. The van der Waals surface area contributed by atoms with Gasteiger partial charge in [-0.05, 0) is 25.3 Å². The molecule has 0 bridgehead atoms. The van der Waals surface area contributed by atoms with Crippen LogP contribution in [0.25, 0.3) is 0 Å². The van der Waals surface area contributed by atoms with Gasteiger partial charge >= 0.3 is 0 Å². The van der Waals surface area contributed by atoms with Gasteiger partial charge in [0.1, 0.15) is 0 Å². The second-order valence-electron chi connectivity index (χ2n) is 6.32. The van der Waals surface area contributed by atoms with Gasteiger partial charge in [-0.3, -0.25) is 14.9 Å². The van der Waals surface area contributed by atoms with Gasteiger partial charge in [0.05, 0.1) is 9.82 Å². The molecule has 1 aromatic rings. The van der Waals surface area contributed by atoms with Gasteiger partial charge < -0.3 is 11.1 Å². The zero-order valence-corrected chi connectivity index (χ0v) is 15.5. The molecular weight excluding hydrogens is 360 g/mol. The lowest BCUT2D eigenvalue weighted by Crippen LogP contribution is -2.49. The monoisotopic (exact) mass is 384 g/mol. The maximum Gasteiger partial charge on any atom is 0.270 e. The molecule has 10 heteroatoms. The largest absolute Gasteiger partial charge is 0.354 e. The molecule has 3 N–H and O–H groups in total. The van der Waals surface area contributed by atoms with Crippen molar-refractivity contribution in [3.05, 3.63) is 33.9 Å². The number of hydrogen-bond donors (Lipinski definition) is 2. The molecule has 1 aliphatic rings. The van der Waals surface area contributed by atoms with Crippen molar-refractivity contribution in [1.82, 2.24) is 9.62 Å². The maximum absolute atomic E-state index is 13.1. The highest BCUT2D eigenvalue weighted by atomic mass is 32.2. The van der Waals surface area contributed by atoms with Crippen LogP contribution in [0.2, 0.25) is 0 Å². The predicted octanol–water partition coefficient (Wildman–Crippen LogP) is 0.911. The topological polar surface area (TPSA) is 136 Å². The van der Waals surface area contributed by atoms with Crippen LogP contribution in [0.3, 0.4) is 0 Å². The molecule has 1 saturated heterocycles. The third-order valence-electron chi connectivity index (χ3n) is 4.45. The van der Waals surface area contributed by atoms with Gasteiger partial charge in [0, 0.05) is 44.2 Å². The SMILES string of the molecule is Cc1ccc([N+](=O)[O-])cc1S(=O)(=O)N1CCCCC1CNC(=O)CCN. The van der Waals surface area contributed by atoms with E-state index in [0.29, 0.717) is 24.9 Å². The van der Waals surface area contributed by atoms with Crippen LogP contribution in [0.15, 0.2) is 23.1 Å². The van der Waals surface area contributed by atoms with Crippen LogP contribution in [0.1, 0.15) is 31.2 Å². The van der Waals surface area contributed by atoms with Crippen molar-refractivity contribution in [2.75, 3.05) is 19.6 Å². The summed E-state index contributed by atoms with van der Waals surface area (Å²) in [6.45, 7) is 2.36. The van der Waals surface area contributed by atoms with E-state index in [1.54, 1.807) is 6.92 Å². The summed E-state index contributed by atoms with van der Waals surface area (Å²) in [7, 11) is -3.91. The fourth-order valence-electron chi connectivity index (χ4n) is 3.05. The Balaban J connectivity index is 2.28. The van der Waals surface area contributed by atoms with Crippen LogP contribution in [-0.4, -0.2) is 49.2 Å². The lowest BCUT2D eigenvalue weighted by atomic mass is 10.1. The van der Waals surface area contributed by atoms with Gasteiger partial charge in [0.25, 0.3) is 5.69 Å². The molecule has 2 rings (SSSR count). The average Bonchev–Trinajstić information content (AvgIpc) is 2.60. The van der Waals surface area contributed by atoms with Crippen LogP contribution in [-0.2, 0) is 14.8 Å². The van der Waals surface area contributed by atoms with Gasteiger partial charge in [-0.1, -0.05) is 12.5 Å². The Morgan fingerprint density at radius 1 is 1.42 bits per heavy atom. The highest BCUT2D eigenvalue weighted by Gasteiger charge is 2.35. The van der Waals surface area contributed by atoms with Gasteiger partial charge in [-0.25, -0.2) is 8.42 Å². The van der Waals surface area contributed by atoms with E-state index in [1.807, 2.05) is 0 Å². The Hall–Kier alpha value is -2.04. The van der Waals surface area contributed by atoms with Crippen molar-refractivity contribution in [2.45, 2.75) is 43.5 Å². The first-order chi connectivity index (χ1) is 12.3. The first kappa shape index (κ1) is 20.3. The molecule has 1 amide bonds. The van der Waals surface area contributed by atoms with Crippen LogP contribution in [0, 0.1) is 17.0 Å². The second-order valence-corrected chi connectivity index (χ2v) is 8.17. The number of sulfonamides is 1. The van der Waals surface area contributed by atoms with Crippen molar-refractivity contribution in [1.29, 1.82) is 0 Å². The first-order valence-electron chi connectivity index (χ1n) is 8.51. The molecule has 1 fully saturated rings. The molecule has 1 unspecified atom stereocenters. The molecule has 1 aromatic carbocycles. The molecule has 1 atom stereocenters. The van der Waals surface area contributed by atoms with Crippen LogP contribution < -0.4 is 11.1 Å². The number of benzene rings is 1. The number of nitrogens with one attached hydrogen (secondary N) is 1. The molecule has 0 saturated carbocycles. The molecule has 1 aliphatic heterocycles. The van der Waals surface area contributed by atoms with E-state index < -0.39 is 14.9 Å². The summed E-state index contributed by atoms with van der Waals surface area (Å²) in [5.41, 5.74) is 5.53. The summed E-state index contributed by atoms with van der Waals surface area (Å²) >= 11 is 0. The number of piperidine rings is 1. The van der Waals surface area contributed by atoms with Crippen LogP contribution in [0.4, 0.5) is 5.69 Å². The highest BCUT2D eigenvalue weighted by Crippen LogP contribution is 2.29. The van der Waals surface area contributed by atoms with E-state index >= 15 is 0 Å². The molecular formula is C16H24N4O5S. The number of nitro groups is 1. The second kappa shape index (κ2) is 8.56. The third kappa shape index (κ3) is 4.57. The lowest BCUT2D eigenvalue weighted by Gasteiger charge is -2.35. The fraction of sp³-hybridized carbons (Fsp3) is 0.562. The molecule has 144 valence electrons. The van der Waals surface area contributed by atoms with E-state index in [9.17, 15) is 23.3 Å². The minimum absolute atomic E-state index is 0.0631. The van der Waals surface area contributed by atoms with E-state index in [2.05, 4.69) is 5.32 Å². The van der Waals surface area contributed by atoms with E-state index in [4.69, 9.17) is 5.73 Å². The van der Waals surface area contributed by atoms with Crippen molar-refractivity contribution < 1.29 is 18.1 Å². The Morgan fingerprint density at radius 2 is 2.15 bits per heavy atom. The smallest absolute Gasteiger partial charge is 0.270 e. The predicted molar refractivity (Wildman–Crippen MR) is 96.0 cm³/mol. The number of rotatable bonds is 7. The molecule has 26 heavy (non-hydrogen) atoms.